The first-order chi connectivity index (χ1) is 20.2. The molecule has 3 aromatic carbocycles. The monoisotopic (exact) mass is 597 g/mol. The molecule has 11 heteroatoms. The van der Waals surface area contributed by atoms with Gasteiger partial charge in [-0.25, -0.2) is 8.42 Å². The van der Waals surface area contributed by atoms with Crippen LogP contribution in [0.5, 0.6) is 17.2 Å². The van der Waals surface area contributed by atoms with Gasteiger partial charge in [0.2, 0.25) is 11.8 Å². The summed E-state index contributed by atoms with van der Waals surface area (Å²) in [5.74, 6) is 0.430. The Balaban J connectivity index is 2.05. The molecule has 1 N–H and O–H groups in total. The SMILES string of the molecule is CCCNC(=O)[C@H](CC)N(Cc1ccc(OC)cc1)C(=O)CN(c1ccccc1)S(=O)(=O)c1ccc(OC)c(OC)c1. The van der Waals surface area contributed by atoms with Crippen molar-refractivity contribution >= 4 is 27.5 Å². The summed E-state index contributed by atoms with van der Waals surface area (Å²) < 4.78 is 45.0. The predicted octanol–water partition coefficient (Wildman–Crippen LogP) is 4.24. The number of rotatable bonds is 15. The lowest BCUT2D eigenvalue weighted by Gasteiger charge is -2.33. The molecule has 0 aliphatic rings. The maximum Gasteiger partial charge on any atom is 0.264 e. The maximum atomic E-state index is 14.1. The van der Waals surface area contributed by atoms with E-state index in [2.05, 4.69) is 5.32 Å². The summed E-state index contributed by atoms with van der Waals surface area (Å²) in [5.41, 5.74) is 1.06. The van der Waals surface area contributed by atoms with Crippen molar-refractivity contribution in [1.29, 1.82) is 0 Å². The summed E-state index contributed by atoms with van der Waals surface area (Å²) in [4.78, 5) is 28.7. The molecule has 3 aromatic rings. The maximum absolute atomic E-state index is 14.1. The fourth-order valence-electron chi connectivity index (χ4n) is 4.44. The molecule has 0 spiro atoms. The van der Waals surface area contributed by atoms with Gasteiger partial charge >= 0.3 is 0 Å². The Bertz CT molecular complexity index is 1430. The third kappa shape index (κ3) is 7.73. The van der Waals surface area contributed by atoms with Crippen LogP contribution in [0.25, 0.3) is 0 Å². The van der Waals surface area contributed by atoms with Gasteiger partial charge in [0.25, 0.3) is 10.0 Å². The minimum absolute atomic E-state index is 0.0776. The number of anilines is 1. The summed E-state index contributed by atoms with van der Waals surface area (Å²) in [5, 5.41) is 2.88. The number of nitrogens with zero attached hydrogens (tertiary/aromatic N) is 2. The average Bonchev–Trinajstić information content (AvgIpc) is 3.02. The predicted molar refractivity (Wildman–Crippen MR) is 161 cm³/mol. The Morgan fingerprint density at radius 2 is 1.52 bits per heavy atom. The number of methoxy groups -OCH3 is 3. The Kier molecular flexibility index (Phi) is 11.6. The molecule has 2 amide bonds. The molecule has 3 rings (SSSR count). The van der Waals surface area contributed by atoms with Crippen molar-refractivity contribution in [2.45, 2.75) is 44.2 Å². The third-order valence-electron chi connectivity index (χ3n) is 6.71. The fraction of sp³-hybridized carbons (Fsp3) is 0.355. The second-order valence-electron chi connectivity index (χ2n) is 9.45. The summed E-state index contributed by atoms with van der Waals surface area (Å²) >= 11 is 0. The average molecular weight is 598 g/mol. The van der Waals surface area contributed by atoms with Crippen LogP contribution in [0.4, 0.5) is 5.69 Å². The number of benzene rings is 3. The van der Waals surface area contributed by atoms with Crippen molar-refractivity contribution in [2.24, 2.45) is 0 Å². The molecule has 0 aliphatic heterocycles. The Morgan fingerprint density at radius 3 is 2.10 bits per heavy atom. The first-order valence-electron chi connectivity index (χ1n) is 13.7. The fourth-order valence-corrected chi connectivity index (χ4v) is 5.87. The highest BCUT2D eigenvalue weighted by molar-refractivity contribution is 7.92. The van der Waals surface area contributed by atoms with E-state index in [-0.39, 0.29) is 23.1 Å². The highest BCUT2D eigenvalue weighted by Gasteiger charge is 2.34. The molecule has 0 radical (unpaired) electrons. The topological polar surface area (TPSA) is 114 Å². The van der Waals surface area contributed by atoms with Gasteiger partial charge in [-0.05, 0) is 54.8 Å². The van der Waals surface area contributed by atoms with Crippen LogP contribution >= 0.6 is 0 Å². The van der Waals surface area contributed by atoms with Gasteiger partial charge in [-0.3, -0.25) is 13.9 Å². The Hall–Kier alpha value is -4.25. The van der Waals surface area contributed by atoms with Gasteiger partial charge in [-0.15, -0.1) is 0 Å². The van der Waals surface area contributed by atoms with Gasteiger partial charge < -0.3 is 24.4 Å². The summed E-state index contributed by atoms with van der Waals surface area (Å²) in [6, 6.07) is 19.0. The highest BCUT2D eigenvalue weighted by Crippen LogP contribution is 2.32. The number of nitrogens with one attached hydrogen (secondary N) is 1. The Labute approximate surface area is 248 Å². The first-order valence-corrected chi connectivity index (χ1v) is 15.1. The highest BCUT2D eigenvalue weighted by atomic mass is 32.2. The molecule has 10 nitrogen and oxygen atoms in total. The van der Waals surface area contributed by atoms with E-state index < -0.39 is 28.5 Å². The van der Waals surface area contributed by atoms with Crippen molar-refractivity contribution in [3.63, 3.8) is 0 Å². The van der Waals surface area contributed by atoms with Crippen molar-refractivity contribution in [2.75, 3.05) is 38.7 Å². The van der Waals surface area contributed by atoms with Crippen LogP contribution in [-0.2, 0) is 26.2 Å². The van der Waals surface area contributed by atoms with E-state index in [4.69, 9.17) is 14.2 Å². The van der Waals surface area contributed by atoms with Crippen molar-refractivity contribution < 1.29 is 32.2 Å². The van der Waals surface area contributed by atoms with Crippen LogP contribution in [-0.4, -0.2) is 65.6 Å². The number of hydrogen-bond acceptors (Lipinski definition) is 7. The van der Waals surface area contributed by atoms with Crippen LogP contribution in [0.2, 0.25) is 0 Å². The lowest BCUT2D eigenvalue weighted by molar-refractivity contribution is -0.140. The number of carbonyl (C=O) groups excluding carboxylic acids is 2. The molecule has 0 saturated heterocycles. The van der Waals surface area contributed by atoms with Crippen LogP contribution in [0, 0.1) is 0 Å². The molecule has 226 valence electrons. The standard InChI is InChI=1S/C31H39N3O7S/c1-6-19-32-31(36)27(7-2)33(21-23-13-15-25(39-3)16-14-23)30(35)22-34(24-11-9-8-10-12-24)42(37,38)26-17-18-28(40-4)29(20-26)41-5/h8-18,20,27H,6-7,19,21-22H2,1-5H3,(H,32,36)/t27-/m0/s1. The molecule has 0 unspecified atom stereocenters. The normalized spacial score (nSPS) is 11.7. The molecule has 42 heavy (non-hydrogen) atoms. The van der Waals surface area contributed by atoms with E-state index in [0.717, 1.165) is 16.3 Å². The van der Waals surface area contributed by atoms with Gasteiger partial charge in [0.1, 0.15) is 18.3 Å². The van der Waals surface area contributed by atoms with Gasteiger partial charge in [0.05, 0.1) is 31.9 Å². The van der Waals surface area contributed by atoms with Crippen LogP contribution in [0.1, 0.15) is 32.3 Å². The molecule has 0 bridgehead atoms. The van der Waals surface area contributed by atoms with E-state index >= 15 is 0 Å². The van der Waals surface area contributed by atoms with Gasteiger partial charge in [0, 0.05) is 19.2 Å². The third-order valence-corrected chi connectivity index (χ3v) is 8.48. The molecule has 0 fully saturated rings. The van der Waals surface area contributed by atoms with E-state index in [1.807, 2.05) is 26.0 Å². The lowest BCUT2D eigenvalue weighted by Crippen LogP contribution is -2.52. The molecule has 0 aliphatic carbocycles. The van der Waals surface area contributed by atoms with E-state index in [0.29, 0.717) is 30.2 Å². The van der Waals surface area contributed by atoms with E-state index in [1.54, 1.807) is 49.6 Å². The van der Waals surface area contributed by atoms with Crippen molar-refractivity contribution in [1.82, 2.24) is 10.2 Å². The number of carbonyl (C=O) groups is 2. The van der Waals surface area contributed by atoms with E-state index in [1.165, 1.54) is 37.3 Å². The quantitative estimate of drug-likeness (QED) is 0.279. The number of para-hydroxylation sites is 1. The molecule has 0 aromatic heterocycles. The first kappa shape index (κ1) is 32.3. The second kappa shape index (κ2) is 15.1. The van der Waals surface area contributed by atoms with Crippen molar-refractivity contribution in [3.8, 4) is 17.2 Å². The van der Waals surface area contributed by atoms with Crippen LogP contribution in [0.15, 0.2) is 77.7 Å². The molecule has 0 heterocycles. The summed E-state index contributed by atoms with van der Waals surface area (Å²) in [6.45, 7) is 3.79. The lowest BCUT2D eigenvalue weighted by atomic mass is 10.1. The van der Waals surface area contributed by atoms with Gasteiger partial charge in [-0.2, -0.15) is 0 Å². The van der Waals surface area contributed by atoms with Crippen molar-refractivity contribution in [3.05, 3.63) is 78.4 Å². The number of amides is 2. The molecule has 1 atom stereocenters. The zero-order valence-electron chi connectivity index (χ0n) is 24.7. The minimum atomic E-state index is -4.26. The minimum Gasteiger partial charge on any atom is -0.497 e. The van der Waals surface area contributed by atoms with E-state index in [9.17, 15) is 18.0 Å². The molecular formula is C31H39N3O7S. The summed E-state index contributed by atoms with van der Waals surface area (Å²) in [7, 11) is 0.179. The number of ether oxygens (including phenoxy) is 3. The van der Waals surface area contributed by atoms with Crippen LogP contribution in [0.3, 0.4) is 0 Å². The van der Waals surface area contributed by atoms with Gasteiger partial charge in [-0.1, -0.05) is 44.2 Å². The Morgan fingerprint density at radius 1 is 0.857 bits per heavy atom. The van der Waals surface area contributed by atoms with Gasteiger partial charge in [0.15, 0.2) is 11.5 Å². The molecular weight excluding hydrogens is 558 g/mol. The smallest absolute Gasteiger partial charge is 0.264 e. The molecule has 0 saturated carbocycles. The van der Waals surface area contributed by atoms with Crippen LogP contribution < -0.4 is 23.8 Å². The summed E-state index contributed by atoms with van der Waals surface area (Å²) in [6.07, 6.45) is 1.07. The number of sulfonamides is 1. The zero-order valence-corrected chi connectivity index (χ0v) is 25.5. The largest absolute Gasteiger partial charge is 0.497 e. The second-order valence-corrected chi connectivity index (χ2v) is 11.3. The zero-order chi connectivity index (χ0) is 30.7. The number of hydrogen-bond donors (Lipinski definition) is 1.